The summed E-state index contributed by atoms with van der Waals surface area (Å²) in [6.45, 7) is 2.56. The monoisotopic (exact) mass is 344 g/mol. The van der Waals surface area contributed by atoms with Gasteiger partial charge in [0.25, 0.3) is 0 Å². The second kappa shape index (κ2) is 10.8. The highest BCUT2D eigenvalue weighted by Gasteiger charge is 2.32. The van der Waals surface area contributed by atoms with Gasteiger partial charge in [0.1, 0.15) is 13.9 Å². The number of hydrogen-bond acceptors (Lipinski definition) is 4. The largest absolute Gasteiger partial charge is 0.466 e. The van der Waals surface area contributed by atoms with Gasteiger partial charge in [-0.25, -0.2) is 4.79 Å². The normalized spacial score (nSPS) is 20.2. The lowest BCUT2D eigenvalue weighted by molar-refractivity contribution is -0.149. The molecule has 0 unspecified atom stereocenters. The van der Waals surface area contributed by atoms with Crippen LogP contribution in [0.1, 0.15) is 37.7 Å². The third kappa shape index (κ3) is 6.81. The molecule has 0 saturated heterocycles. The van der Waals surface area contributed by atoms with Gasteiger partial charge in [0.05, 0.1) is 12.5 Å². The fourth-order valence-corrected chi connectivity index (χ4v) is 3.06. The fourth-order valence-electron chi connectivity index (χ4n) is 3.06. The first kappa shape index (κ1) is 19.4. The van der Waals surface area contributed by atoms with Gasteiger partial charge in [-0.1, -0.05) is 56.4 Å². The number of ether oxygens (including phenoxy) is 2. The Labute approximate surface area is 150 Å². The Kier molecular flexibility index (Phi) is 8.36. The van der Waals surface area contributed by atoms with Gasteiger partial charge in [-0.15, -0.1) is 0 Å². The molecular weight excluding hydrogens is 317 g/mol. The van der Waals surface area contributed by atoms with Gasteiger partial charge in [-0.2, -0.15) is 0 Å². The average Bonchev–Trinajstić information content (AvgIpc) is 2.86. The van der Waals surface area contributed by atoms with Crippen LogP contribution in [0.25, 0.3) is 0 Å². The molecule has 1 fully saturated rings. The Hall–Kier alpha value is -1.98. The minimum Gasteiger partial charge on any atom is -0.466 e. The standard InChI is InChI=1S/C19H27BNO4/c1-20-12-13-24-18(22)16-10-6-3-7-11-17(16)21-19(23)25-14-15-8-4-2-5-9-15/h2,4-5,8-9,16-17H,3,6-7,10-14H2,1H3,(H,21,23)/t16-,17-/m0/s1. The van der Waals surface area contributed by atoms with Crippen LogP contribution < -0.4 is 5.32 Å². The highest BCUT2D eigenvalue weighted by Crippen LogP contribution is 2.25. The summed E-state index contributed by atoms with van der Waals surface area (Å²) in [7, 11) is 1.97. The summed E-state index contributed by atoms with van der Waals surface area (Å²) in [5.74, 6) is -0.499. The topological polar surface area (TPSA) is 64.6 Å². The van der Waals surface area contributed by atoms with Gasteiger partial charge in [-0.05, 0) is 24.7 Å². The third-order valence-electron chi connectivity index (χ3n) is 4.49. The molecule has 1 aliphatic carbocycles. The van der Waals surface area contributed by atoms with E-state index in [0.717, 1.165) is 44.0 Å². The van der Waals surface area contributed by atoms with Crippen LogP contribution >= 0.6 is 0 Å². The summed E-state index contributed by atoms with van der Waals surface area (Å²) in [5.41, 5.74) is 0.935. The van der Waals surface area contributed by atoms with Crippen LogP contribution in [0.15, 0.2) is 30.3 Å². The lowest BCUT2D eigenvalue weighted by Crippen LogP contribution is -2.43. The maximum atomic E-state index is 12.4. The van der Waals surface area contributed by atoms with Gasteiger partial charge in [0, 0.05) is 6.04 Å². The van der Waals surface area contributed by atoms with Gasteiger partial charge in [-0.3, -0.25) is 4.79 Å². The van der Waals surface area contributed by atoms with Gasteiger partial charge < -0.3 is 14.8 Å². The number of hydrogen-bond donors (Lipinski definition) is 1. The SMILES string of the molecule is C[B]CCOC(=O)[C@H]1CCCCC[C@@H]1NC(=O)OCc1ccccc1. The maximum Gasteiger partial charge on any atom is 0.407 e. The molecule has 1 aromatic carbocycles. The molecule has 0 aromatic heterocycles. The maximum absolute atomic E-state index is 12.4. The number of carbonyl (C=O) groups is 2. The van der Waals surface area contributed by atoms with E-state index in [1.165, 1.54) is 0 Å². The van der Waals surface area contributed by atoms with Crippen molar-refractivity contribution in [2.45, 2.75) is 57.9 Å². The Morgan fingerprint density at radius 2 is 1.88 bits per heavy atom. The third-order valence-corrected chi connectivity index (χ3v) is 4.49. The van der Waals surface area contributed by atoms with Gasteiger partial charge in [0.2, 0.25) is 0 Å². The van der Waals surface area contributed by atoms with Crippen LogP contribution in [0.3, 0.4) is 0 Å². The Morgan fingerprint density at radius 1 is 1.12 bits per heavy atom. The van der Waals surface area contributed by atoms with E-state index in [9.17, 15) is 9.59 Å². The summed E-state index contributed by atoms with van der Waals surface area (Å²) in [6.07, 6.45) is 4.85. The summed E-state index contributed by atoms with van der Waals surface area (Å²) in [6, 6.07) is 9.32. The van der Waals surface area contributed by atoms with Crippen molar-refractivity contribution in [2.24, 2.45) is 5.92 Å². The Morgan fingerprint density at radius 3 is 2.64 bits per heavy atom. The van der Waals surface area contributed by atoms with E-state index in [0.29, 0.717) is 6.61 Å². The van der Waals surface area contributed by atoms with Crippen molar-refractivity contribution in [3.05, 3.63) is 35.9 Å². The molecule has 0 bridgehead atoms. The molecule has 1 aromatic rings. The number of rotatable bonds is 7. The summed E-state index contributed by atoms with van der Waals surface area (Å²) < 4.78 is 10.6. The number of esters is 1. The molecule has 2 atom stereocenters. The van der Waals surface area contributed by atoms with E-state index in [1.54, 1.807) is 0 Å². The molecular formula is C19H27BNO4. The molecule has 6 heteroatoms. The van der Waals surface area contributed by atoms with Crippen molar-refractivity contribution in [1.82, 2.24) is 5.32 Å². The van der Waals surface area contributed by atoms with Gasteiger partial charge >= 0.3 is 12.1 Å². The van der Waals surface area contributed by atoms with E-state index in [4.69, 9.17) is 9.47 Å². The molecule has 135 valence electrons. The highest BCUT2D eigenvalue weighted by atomic mass is 16.5. The van der Waals surface area contributed by atoms with Crippen molar-refractivity contribution in [1.29, 1.82) is 0 Å². The summed E-state index contributed by atoms with van der Waals surface area (Å²) in [5, 5.41) is 2.88. The van der Waals surface area contributed by atoms with Crippen LogP contribution in [0.2, 0.25) is 13.1 Å². The van der Waals surface area contributed by atoms with Crippen LogP contribution in [-0.2, 0) is 20.9 Å². The molecule has 0 aliphatic heterocycles. The predicted octanol–water partition coefficient (Wildman–Crippen LogP) is 3.58. The van der Waals surface area contributed by atoms with E-state index >= 15 is 0 Å². The molecule has 25 heavy (non-hydrogen) atoms. The Bertz CT molecular complexity index is 537. The van der Waals surface area contributed by atoms with Crippen molar-refractivity contribution in [3.8, 4) is 0 Å². The highest BCUT2D eigenvalue weighted by molar-refractivity contribution is 6.33. The number of alkyl carbamates (subject to hydrolysis) is 1. The van der Waals surface area contributed by atoms with E-state index in [-0.39, 0.29) is 24.5 Å². The minimum atomic E-state index is -0.476. The first-order chi connectivity index (χ1) is 12.2. The van der Waals surface area contributed by atoms with Crippen molar-refractivity contribution < 1.29 is 19.1 Å². The van der Waals surface area contributed by atoms with Crippen molar-refractivity contribution >= 4 is 19.3 Å². The zero-order valence-electron chi connectivity index (χ0n) is 14.9. The number of nitrogens with one attached hydrogen (secondary N) is 1. The van der Waals surface area contributed by atoms with E-state index in [2.05, 4.69) is 5.32 Å². The summed E-state index contributed by atoms with van der Waals surface area (Å²) in [4.78, 5) is 24.5. The second-order valence-electron chi connectivity index (χ2n) is 6.42. The molecule has 1 aliphatic rings. The molecule has 1 N–H and O–H groups in total. The van der Waals surface area contributed by atoms with Crippen LogP contribution in [-0.4, -0.2) is 32.0 Å². The molecule has 1 amide bonds. The van der Waals surface area contributed by atoms with Crippen molar-refractivity contribution in [2.75, 3.05) is 6.61 Å². The zero-order chi connectivity index (χ0) is 17.9. The first-order valence-corrected chi connectivity index (χ1v) is 9.12. The molecule has 5 nitrogen and oxygen atoms in total. The lowest BCUT2D eigenvalue weighted by Gasteiger charge is -2.24. The quantitative estimate of drug-likeness (QED) is 0.355. The zero-order valence-corrected chi connectivity index (χ0v) is 14.9. The summed E-state index contributed by atoms with van der Waals surface area (Å²) >= 11 is 0. The first-order valence-electron chi connectivity index (χ1n) is 9.12. The van der Waals surface area contributed by atoms with Gasteiger partial charge in [0.15, 0.2) is 0 Å². The molecule has 1 saturated carbocycles. The molecule has 1 radical (unpaired) electrons. The number of carbonyl (C=O) groups excluding carboxylic acids is 2. The van der Waals surface area contributed by atoms with E-state index in [1.807, 2.05) is 44.4 Å². The average molecular weight is 344 g/mol. The van der Waals surface area contributed by atoms with Crippen LogP contribution in [0.5, 0.6) is 0 Å². The predicted molar refractivity (Wildman–Crippen MR) is 97.5 cm³/mol. The number of amides is 1. The van der Waals surface area contributed by atoms with Crippen LogP contribution in [0.4, 0.5) is 4.79 Å². The van der Waals surface area contributed by atoms with Crippen LogP contribution in [0, 0.1) is 5.92 Å². The smallest absolute Gasteiger partial charge is 0.407 e. The van der Waals surface area contributed by atoms with Crippen molar-refractivity contribution in [3.63, 3.8) is 0 Å². The molecule has 2 rings (SSSR count). The fraction of sp³-hybridized carbons (Fsp3) is 0.579. The molecule has 0 heterocycles. The molecule has 0 spiro atoms. The number of benzene rings is 1. The minimum absolute atomic E-state index is 0.211. The van der Waals surface area contributed by atoms with E-state index < -0.39 is 6.09 Å². The second-order valence-corrected chi connectivity index (χ2v) is 6.42. The lowest BCUT2D eigenvalue weighted by atomic mass is 9.79. The Balaban J connectivity index is 1.86.